The molecule has 0 atom stereocenters. The molecule has 1 aliphatic heterocycles. The summed E-state index contributed by atoms with van der Waals surface area (Å²) in [7, 11) is 0. The van der Waals surface area contributed by atoms with Gasteiger partial charge in [0.2, 0.25) is 0 Å². The number of non-ortho nitro benzene ring substituents is 1. The maximum atomic E-state index is 13.2. The fourth-order valence-electron chi connectivity index (χ4n) is 3.72. The van der Waals surface area contributed by atoms with Gasteiger partial charge in [-0.2, -0.15) is 0 Å². The monoisotopic (exact) mass is 550 g/mol. The van der Waals surface area contributed by atoms with Crippen molar-refractivity contribution in [2.75, 3.05) is 24.7 Å². The van der Waals surface area contributed by atoms with Crippen molar-refractivity contribution < 1.29 is 33.6 Å². The van der Waals surface area contributed by atoms with E-state index in [9.17, 15) is 29.3 Å². The molecule has 200 valence electrons. The molecule has 10 nitrogen and oxygen atoms in total. The van der Waals surface area contributed by atoms with E-state index in [1.807, 2.05) is 0 Å². The molecule has 1 N–H and O–H groups in total. The number of allylic oxidation sites excluding steroid dienone is 2. The average molecular weight is 551 g/mol. The number of hydrogen-bond donors (Lipinski definition) is 1. The lowest BCUT2D eigenvalue weighted by atomic mass is 9.80. The van der Waals surface area contributed by atoms with E-state index in [1.165, 1.54) is 32.0 Å². The predicted octanol–water partition coefficient (Wildman–Crippen LogP) is 4.26. The van der Waals surface area contributed by atoms with E-state index in [1.54, 1.807) is 19.9 Å². The van der Waals surface area contributed by atoms with E-state index < -0.39 is 22.8 Å². The summed E-state index contributed by atoms with van der Waals surface area (Å²) in [6, 6.07) is 5.75. The minimum Gasteiger partial charge on any atom is -0.462 e. The van der Waals surface area contributed by atoms with Gasteiger partial charge in [-0.25, -0.2) is 9.59 Å². The molecule has 0 radical (unpaired) electrons. The van der Waals surface area contributed by atoms with Gasteiger partial charge in [-0.1, -0.05) is 35.7 Å². The Hall–Kier alpha value is -3.12. The first-order chi connectivity index (χ1) is 17.5. The van der Waals surface area contributed by atoms with Crippen molar-refractivity contribution >= 4 is 51.4 Å². The first kappa shape index (κ1) is 30.1. The smallest absolute Gasteiger partial charge is 0.336 e. The molecule has 1 aliphatic rings. The van der Waals surface area contributed by atoms with Gasteiger partial charge in [0.15, 0.2) is 10.2 Å². The first-order valence-electron chi connectivity index (χ1n) is 11.6. The summed E-state index contributed by atoms with van der Waals surface area (Å²) < 4.78 is 10.9. The second-order valence-corrected chi connectivity index (χ2v) is 10.7. The topological polar surface area (TPSA) is 142 Å². The van der Waals surface area contributed by atoms with Crippen LogP contribution in [0.15, 0.2) is 46.8 Å². The Morgan fingerprint density at radius 2 is 1.41 bits per heavy atom. The molecule has 0 saturated carbocycles. The maximum absolute atomic E-state index is 13.2. The number of carbonyl (C=O) groups is 4. The largest absolute Gasteiger partial charge is 0.462 e. The first-order valence-corrected chi connectivity index (χ1v) is 13.5. The number of benzene rings is 1. The number of ether oxygens (including phenoxy) is 2. The Bertz CT molecular complexity index is 1070. The lowest BCUT2D eigenvalue weighted by Crippen LogP contribution is -2.32. The fraction of sp³-hybridized carbons (Fsp3) is 0.440. The lowest BCUT2D eigenvalue weighted by molar-refractivity contribution is -0.384. The molecule has 37 heavy (non-hydrogen) atoms. The summed E-state index contributed by atoms with van der Waals surface area (Å²) >= 11 is 2.26. The lowest BCUT2D eigenvalue weighted by Gasteiger charge is -2.30. The van der Waals surface area contributed by atoms with E-state index in [0.29, 0.717) is 41.3 Å². The number of carbonyl (C=O) groups excluding carboxylic acids is 4. The van der Waals surface area contributed by atoms with Crippen LogP contribution < -0.4 is 5.32 Å². The molecule has 0 unspecified atom stereocenters. The molecule has 0 amide bonds. The average Bonchev–Trinajstić information content (AvgIpc) is 2.82. The maximum Gasteiger partial charge on any atom is 0.336 e. The number of esters is 2. The van der Waals surface area contributed by atoms with Gasteiger partial charge in [0, 0.05) is 48.9 Å². The molecule has 2 rings (SSSR count). The molecule has 1 aromatic carbocycles. The van der Waals surface area contributed by atoms with E-state index in [0.717, 1.165) is 23.5 Å². The third-order valence-electron chi connectivity index (χ3n) is 5.27. The van der Waals surface area contributed by atoms with Crippen LogP contribution in [0.2, 0.25) is 0 Å². The highest BCUT2D eigenvalue weighted by Crippen LogP contribution is 2.40. The zero-order valence-electron chi connectivity index (χ0n) is 21.2. The van der Waals surface area contributed by atoms with Crippen LogP contribution in [0, 0.1) is 10.1 Å². The van der Waals surface area contributed by atoms with Crippen molar-refractivity contribution in [3.8, 4) is 0 Å². The molecular formula is C25H30N2O8S2. The minimum absolute atomic E-state index is 0.0317. The zero-order chi connectivity index (χ0) is 27.5. The Labute approximate surface area is 223 Å². The van der Waals surface area contributed by atoms with Crippen LogP contribution in [0.5, 0.6) is 0 Å². The van der Waals surface area contributed by atoms with Crippen molar-refractivity contribution in [3.63, 3.8) is 0 Å². The van der Waals surface area contributed by atoms with Crippen LogP contribution in [0.25, 0.3) is 0 Å². The van der Waals surface area contributed by atoms with Crippen molar-refractivity contribution in [3.05, 3.63) is 62.5 Å². The van der Waals surface area contributed by atoms with Crippen LogP contribution in [0.4, 0.5) is 5.69 Å². The van der Waals surface area contributed by atoms with Crippen molar-refractivity contribution in [2.45, 2.75) is 46.5 Å². The Balaban J connectivity index is 2.34. The quantitative estimate of drug-likeness (QED) is 0.173. The summed E-state index contributed by atoms with van der Waals surface area (Å²) in [5.74, 6) is -1.33. The molecular weight excluding hydrogens is 520 g/mol. The summed E-state index contributed by atoms with van der Waals surface area (Å²) in [4.78, 5) is 59.5. The number of nitro groups is 1. The van der Waals surface area contributed by atoms with Crippen molar-refractivity contribution in [1.29, 1.82) is 0 Å². The molecule has 12 heteroatoms. The third-order valence-corrected chi connectivity index (χ3v) is 7.07. The normalized spacial score (nSPS) is 13.7. The number of nitro benzene ring substituents is 1. The molecule has 0 saturated heterocycles. The highest BCUT2D eigenvalue weighted by Gasteiger charge is 2.38. The number of hydrogen-bond acceptors (Lipinski definition) is 11. The number of dihydropyridines is 1. The van der Waals surface area contributed by atoms with Crippen LogP contribution in [-0.2, 0) is 28.7 Å². The van der Waals surface area contributed by atoms with Crippen LogP contribution >= 0.6 is 23.5 Å². The number of nitrogens with zero attached hydrogens (tertiary/aromatic N) is 1. The highest BCUT2D eigenvalue weighted by molar-refractivity contribution is 8.13. The van der Waals surface area contributed by atoms with Crippen LogP contribution in [0.1, 0.15) is 52.0 Å². The van der Waals surface area contributed by atoms with E-state index in [4.69, 9.17) is 9.47 Å². The van der Waals surface area contributed by atoms with Crippen molar-refractivity contribution in [2.24, 2.45) is 0 Å². The molecule has 1 heterocycles. The second-order valence-electron chi connectivity index (χ2n) is 8.15. The predicted molar refractivity (Wildman–Crippen MR) is 142 cm³/mol. The number of rotatable bonds is 12. The van der Waals surface area contributed by atoms with E-state index >= 15 is 0 Å². The standard InChI is InChI=1S/C25H30N2O8S2/c1-15-21(24(30)34-10-6-12-36-17(3)28)23(19-8-5-9-20(14-19)27(32)33)22(16(2)26-15)25(31)35-11-7-13-37-18(4)29/h5,8-9,14,23,26H,6-7,10-13H2,1-4H3. The van der Waals surface area contributed by atoms with E-state index in [-0.39, 0.29) is 40.3 Å². The summed E-state index contributed by atoms with van der Waals surface area (Å²) in [5, 5.41) is 14.4. The Morgan fingerprint density at radius 3 is 1.84 bits per heavy atom. The third kappa shape index (κ3) is 9.04. The van der Waals surface area contributed by atoms with Gasteiger partial charge in [-0.15, -0.1) is 0 Å². The number of thioether (sulfide) groups is 2. The van der Waals surface area contributed by atoms with Gasteiger partial charge in [0.25, 0.3) is 5.69 Å². The summed E-state index contributed by atoms with van der Waals surface area (Å²) in [6.07, 6.45) is 0.915. The molecule has 0 bridgehead atoms. The molecule has 0 spiro atoms. The zero-order valence-corrected chi connectivity index (χ0v) is 22.8. The molecule has 0 fully saturated rings. The molecule has 1 aromatic rings. The van der Waals surface area contributed by atoms with Gasteiger partial charge in [0.05, 0.1) is 35.2 Å². The molecule has 0 aliphatic carbocycles. The Morgan fingerprint density at radius 1 is 0.919 bits per heavy atom. The fourth-order valence-corrected chi connectivity index (χ4v) is 4.82. The van der Waals surface area contributed by atoms with Crippen molar-refractivity contribution in [1.82, 2.24) is 5.32 Å². The minimum atomic E-state index is -0.959. The summed E-state index contributed by atoms with van der Waals surface area (Å²) in [6.45, 7) is 6.37. The Kier molecular flexibility index (Phi) is 11.9. The van der Waals surface area contributed by atoms with Gasteiger partial charge in [0.1, 0.15) is 0 Å². The van der Waals surface area contributed by atoms with Gasteiger partial charge < -0.3 is 14.8 Å². The van der Waals surface area contributed by atoms with Gasteiger partial charge in [-0.3, -0.25) is 19.7 Å². The number of nitrogens with one attached hydrogen (secondary N) is 1. The second kappa shape index (κ2) is 14.6. The van der Waals surface area contributed by atoms with Crippen LogP contribution in [-0.4, -0.2) is 51.8 Å². The highest BCUT2D eigenvalue weighted by atomic mass is 32.2. The van der Waals surface area contributed by atoms with Gasteiger partial charge in [-0.05, 0) is 32.3 Å². The molecule has 0 aromatic heterocycles. The van der Waals surface area contributed by atoms with Crippen LogP contribution in [0.3, 0.4) is 0 Å². The van der Waals surface area contributed by atoms with Gasteiger partial charge >= 0.3 is 11.9 Å². The SMILES string of the molecule is CC(=O)SCCCOC(=O)C1=C(C)NC(C)=C(C(=O)OCCCSC(C)=O)C1c1cccc([N+](=O)[O-])c1. The summed E-state index contributed by atoms with van der Waals surface area (Å²) in [5.41, 5.74) is 1.37. The van der Waals surface area contributed by atoms with E-state index in [2.05, 4.69) is 5.32 Å².